The molecule has 2 aliphatic heterocycles. The predicted molar refractivity (Wildman–Crippen MR) is 71.8 cm³/mol. The van der Waals surface area contributed by atoms with E-state index in [1.807, 2.05) is 23.5 Å². The zero-order valence-corrected chi connectivity index (χ0v) is 12.3. The van der Waals surface area contributed by atoms with E-state index in [1.54, 1.807) is 0 Å². The normalized spacial score (nSPS) is 40.5. The Morgan fingerprint density at radius 3 is 1.88 bits per heavy atom. The molecule has 2 saturated heterocycles. The van der Waals surface area contributed by atoms with E-state index in [1.165, 1.54) is 19.3 Å². The lowest BCUT2D eigenvalue weighted by atomic mass is 10.2. The molecule has 2 unspecified atom stereocenters. The van der Waals surface area contributed by atoms with Crippen molar-refractivity contribution >= 4 is 23.5 Å². The van der Waals surface area contributed by atoms with Crippen LogP contribution in [0.4, 0.5) is 0 Å². The summed E-state index contributed by atoms with van der Waals surface area (Å²) in [6, 6.07) is 0. The van der Waals surface area contributed by atoms with Gasteiger partial charge in [0.2, 0.25) is 0 Å². The third-order valence-electron chi connectivity index (χ3n) is 2.95. The van der Waals surface area contributed by atoms with Gasteiger partial charge >= 0.3 is 0 Å². The summed E-state index contributed by atoms with van der Waals surface area (Å²) in [4.78, 5) is 0.140. The molecule has 2 nitrogen and oxygen atoms in total. The molecule has 4 heteroatoms. The highest BCUT2D eigenvalue weighted by Crippen LogP contribution is 2.58. The van der Waals surface area contributed by atoms with E-state index >= 15 is 0 Å². The minimum Gasteiger partial charge on any atom is -0.358 e. The Morgan fingerprint density at radius 1 is 1.12 bits per heavy atom. The molecule has 0 radical (unpaired) electrons. The van der Waals surface area contributed by atoms with Gasteiger partial charge in [-0.15, -0.1) is 23.5 Å². The van der Waals surface area contributed by atoms with Gasteiger partial charge in [0.15, 0.2) is 0 Å². The van der Waals surface area contributed by atoms with Gasteiger partial charge in [0, 0.05) is 0 Å². The molecule has 0 amide bonds. The largest absolute Gasteiger partial charge is 0.358 e. The highest BCUT2D eigenvalue weighted by atomic mass is 32.2. The van der Waals surface area contributed by atoms with Crippen LogP contribution in [0.3, 0.4) is 0 Å². The van der Waals surface area contributed by atoms with Crippen LogP contribution in [0.5, 0.6) is 0 Å². The molecule has 0 saturated carbocycles. The second-order valence-corrected chi connectivity index (χ2v) is 9.48. The Labute approximate surface area is 107 Å². The number of hydrogen-bond donors (Lipinski definition) is 0. The minimum atomic E-state index is 0.0702. The van der Waals surface area contributed by atoms with Crippen molar-refractivity contribution in [2.24, 2.45) is 0 Å². The molecule has 0 aliphatic carbocycles. The van der Waals surface area contributed by atoms with Gasteiger partial charge in [-0.3, -0.25) is 0 Å². The van der Waals surface area contributed by atoms with Gasteiger partial charge in [-0.2, -0.15) is 0 Å². The van der Waals surface area contributed by atoms with Crippen molar-refractivity contribution in [3.05, 3.63) is 0 Å². The van der Waals surface area contributed by atoms with Gasteiger partial charge in [0.25, 0.3) is 0 Å². The summed E-state index contributed by atoms with van der Waals surface area (Å²) in [7, 11) is 0. The average Bonchev–Trinajstić information content (AvgIpc) is 3.06. The van der Waals surface area contributed by atoms with Gasteiger partial charge in [0.1, 0.15) is 9.87 Å². The van der Waals surface area contributed by atoms with E-state index in [0.717, 1.165) is 13.2 Å². The predicted octanol–water partition coefficient (Wildman–Crippen LogP) is 3.85. The third-order valence-corrected chi connectivity index (χ3v) is 6.06. The average molecular weight is 262 g/mol. The van der Waals surface area contributed by atoms with Crippen molar-refractivity contribution in [2.45, 2.75) is 60.9 Å². The first-order chi connectivity index (χ1) is 7.39. The molecular weight excluding hydrogens is 240 g/mol. The van der Waals surface area contributed by atoms with Crippen LogP contribution in [0.2, 0.25) is 0 Å². The maximum Gasteiger partial charge on any atom is 0.135 e. The van der Waals surface area contributed by atoms with Gasteiger partial charge < -0.3 is 9.47 Å². The first-order valence-electron chi connectivity index (χ1n) is 6.07. The van der Waals surface area contributed by atoms with Crippen molar-refractivity contribution in [3.63, 3.8) is 0 Å². The lowest BCUT2D eigenvalue weighted by Gasteiger charge is -2.31. The van der Waals surface area contributed by atoms with Crippen LogP contribution in [0.25, 0.3) is 0 Å². The molecule has 0 aromatic carbocycles. The van der Waals surface area contributed by atoms with E-state index in [-0.39, 0.29) is 13.9 Å². The fraction of sp³-hybridized carbons (Fsp3) is 1.00. The SMILES string of the molecule is CCCCC(C)(SC1(C)CO1)SC1(C)CO1. The zero-order valence-electron chi connectivity index (χ0n) is 10.7. The van der Waals surface area contributed by atoms with Gasteiger partial charge in [-0.1, -0.05) is 19.8 Å². The summed E-state index contributed by atoms with van der Waals surface area (Å²) >= 11 is 3.97. The van der Waals surface area contributed by atoms with Crippen LogP contribution in [-0.2, 0) is 9.47 Å². The van der Waals surface area contributed by atoms with E-state index in [9.17, 15) is 0 Å². The maximum absolute atomic E-state index is 5.52. The van der Waals surface area contributed by atoms with Crippen molar-refractivity contribution < 1.29 is 9.47 Å². The zero-order chi connectivity index (χ0) is 11.9. The number of ether oxygens (including phenoxy) is 2. The van der Waals surface area contributed by atoms with E-state index in [0.29, 0.717) is 0 Å². The molecule has 2 rings (SSSR count). The van der Waals surface area contributed by atoms with Crippen molar-refractivity contribution in [2.75, 3.05) is 13.2 Å². The molecule has 0 aromatic rings. The second kappa shape index (κ2) is 4.38. The van der Waals surface area contributed by atoms with Crippen molar-refractivity contribution in [1.82, 2.24) is 0 Å². The lowest BCUT2D eigenvalue weighted by Crippen LogP contribution is -2.24. The van der Waals surface area contributed by atoms with Crippen LogP contribution < -0.4 is 0 Å². The summed E-state index contributed by atoms with van der Waals surface area (Å²) in [5, 5.41) is 0. The van der Waals surface area contributed by atoms with Gasteiger partial charge in [0.05, 0.1) is 17.3 Å². The number of hydrogen-bond acceptors (Lipinski definition) is 4. The van der Waals surface area contributed by atoms with Crippen LogP contribution in [0.1, 0.15) is 47.0 Å². The monoisotopic (exact) mass is 262 g/mol. The van der Waals surface area contributed by atoms with E-state index in [2.05, 4.69) is 27.7 Å². The second-order valence-electron chi connectivity index (χ2n) is 5.29. The standard InChI is InChI=1S/C12H22O2S2/c1-5-6-7-12(4,15-10(2)8-13-10)16-11(3)9-14-11/h5-9H2,1-4H3. The molecule has 0 N–H and O–H groups in total. The molecule has 2 atom stereocenters. The van der Waals surface area contributed by atoms with Crippen molar-refractivity contribution in [3.8, 4) is 0 Å². The molecule has 0 bridgehead atoms. The first kappa shape index (κ1) is 13.1. The lowest BCUT2D eigenvalue weighted by molar-refractivity contribution is 0.397. The molecule has 2 heterocycles. The Hall–Kier alpha value is 0.620. The summed E-state index contributed by atoms with van der Waals surface area (Å²) in [5.74, 6) is 0. The summed E-state index contributed by atoms with van der Waals surface area (Å²) in [5.41, 5.74) is 0. The quantitative estimate of drug-likeness (QED) is 0.514. The minimum absolute atomic E-state index is 0.0702. The highest BCUT2D eigenvalue weighted by molar-refractivity contribution is 8.19. The van der Waals surface area contributed by atoms with Crippen LogP contribution >= 0.6 is 23.5 Å². The topological polar surface area (TPSA) is 25.1 Å². The molecule has 16 heavy (non-hydrogen) atoms. The Kier molecular flexibility index (Phi) is 3.57. The van der Waals surface area contributed by atoms with E-state index in [4.69, 9.17) is 9.47 Å². The number of thioether (sulfide) groups is 2. The van der Waals surface area contributed by atoms with Crippen LogP contribution in [0, 0.1) is 0 Å². The molecule has 94 valence electrons. The molecule has 0 aromatic heterocycles. The summed E-state index contributed by atoms with van der Waals surface area (Å²) in [6.07, 6.45) is 3.77. The number of epoxide rings is 2. The van der Waals surface area contributed by atoms with Crippen LogP contribution in [0.15, 0.2) is 0 Å². The van der Waals surface area contributed by atoms with Gasteiger partial charge in [-0.05, 0) is 27.2 Å². The smallest absolute Gasteiger partial charge is 0.135 e. The Morgan fingerprint density at radius 2 is 1.56 bits per heavy atom. The fourth-order valence-corrected chi connectivity index (χ4v) is 5.75. The number of rotatable bonds is 7. The van der Waals surface area contributed by atoms with Crippen molar-refractivity contribution in [1.29, 1.82) is 0 Å². The molecule has 0 spiro atoms. The first-order valence-corrected chi connectivity index (χ1v) is 7.70. The third kappa shape index (κ3) is 3.56. The number of unbranched alkanes of at least 4 members (excludes halogenated alkanes) is 1. The van der Waals surface area contributed by atoms with Crippen LogP contribution in [-0.4, -0.2) is 27.2 Å². The maximum atomic E-state index is 5.52. The summed E-state index contributed by atoms with van der Waals surface area (Å²) < 4.78 is 11.3. The fourth-order valence-electron chi connectivity index (χ4n) is 1.86. The Bertz CT molecular complexity index is 240. The van der Waals surface area contributed by atoms with Gasteiger partial charge in [-0.25, -0.2) is 0 Å². The molecule has 2 fully saturated rings. The molecule has 2 aliphatic rings. The highest BCUT2D eigenvalue weighted by Gasteiger charge is 2.52. The Balaban J connectivity index is 1.93. The molecular formula is C12H22O2S2. The van der Waals surface area contributed by atoms with E-state index < -0.39 is 0 Å². The summed E-state index contributed by atoms with van der Waals surface area (Å²) in [6.45, 7) is 10.8.